The molecule has 58 valence electrons. The van der Waals surface area contributed by atoms with Crippen molar-refractivity contribution in [2.24, 2.45) is 0 Å². The number of ether oxygens (including phenoxy) is 1. The third-order valence-corrected chi connectivity index (χ3v) is 1.20. The van der Waals surface area contributed by atoms with Crippen LogP contribution in [0.5, 0.6) is 0 Å². The van der Waals surface area contributed by atoms with Crippen molar-refractivity contribution in [2.75, 3.05) is 0 Å². The Hall–Kier alpha value is 0.00143. The Morgan fingerprint density at radius 1 is 1.33 bits per heavy atom. The summed E-state index contributed by atoms with van der Waals surface area (Å²) in [5.41, 5.74) is 0.535. The predicted octanol–water partition coefficient (Wildman–Crippen LogP) is 1.61. The van der Waals surface area contributed by atoms with Gasteiger partial charge in [-0.2, -0.15) is 0 Å². The average Bonchev–Trinajstić information content (AvgIpc) is 2.07. The van der Waals surface area contributed by atoms with Crippen molar-refractivity contribution in [1.82, 2.24) is 0 Å². The normalized spacial score (nSPS) is 8.00. The first-order chi connectivity index (χ1) is 5.34. The zero-order chi connectivity index (χ0) is 8.10. The van der Waals surface area contributed by atoms with Gasteiger partial charge in [-0.1, -0.05) is 24.8 Å². The van der Waals surface area contributed by atoms with Crippen LogP contribution < -0.4 is 0 Å². The van der Waals surface area contributed by atoms with Crippen LogP contribution in [0.25, 0.3) is 0 Å². The quantitative estimate of drug-likeness (QED) is 0.469. The molecule has 0 heterocycles. The summed E-state index contributed by atoms with van der Waals surface area (Å²) in [6.45, 7) is 3.28. The zero-order valence-electron chi connectivity index (χ0n) is 6.69. The number of benzene rings is 1. The van der Waals surface area contributed by atoms with Crippen LogP contribution in [-0.4, -0.2) is 54.9 Å². The summed E-state index contributed by atoms with van der Waals surface area (Å²) in [5.74, 6) is -0.374. The summed E-state index contributed by atoms with van der Waals surface area (Å²) >= 11 is 0. The zero-order valence-corrected chi connectivity index (χ0v) is 11.1. The van der Waals surface area contributed by atoms with E-state index in [0.29, 0.717) is 5.56 Å². The molecule has 2 nitrogen and oxygen atoms in total. The van der Waals surface area contributed by atoms with Gasteiger partial charge in [0.1, 0.15) is 0 Å². The van der Waals surface area contributed by atoms with E-state index in [0.717, 1.165) is 6.26 Å². The second kappa shape index (κ2) is 6.51. The number of rotatable bonds is 2. The molecule has 0 saturated carbocycles. The van der Waals surface area contributed by atoms with Gasteiger partial charge in [-0.15, -0.1) is 0 Å². The van der Waals surface area contributed by atoms with Crippen LogP contribution in [0, 0.1) is 0 Å². The largest absolute Gasteiger partial charge is 0.432 e. The van der Waals surface area contributed by atoms with Gasteiger partial charge in [0.25, 0.3) is 0 Å². The molecular weight excluding hydrogens is 277 g/mol. The number of carbonyl (C=O) groups is 1. The molecule has 0 atom stereocenters. The molecule has 0 aliphatic carbocycles. The Morgan fingerprint density at radius 2 is 1.92 bits per heavy atom. The van der Waals surface area contributed by atoms with Gasteiger partial charge < -0.3 is 4.74 Å². The third-order valence-electron chi connectivity index (χ3n) is 1.20. The molecule has 12 heavy (non-hydrogen) atoms. The first-order valence-corrected chi connectivity index (χ1v) is 3.21. The van der Waals surface area contributed by atoms with Crippen LogP contribution in [0.15, 0.2) is 43.2 Å². The summed E-state index contributed by atoms with van der Waals surface area (Å²) in [6.07, 6.45) is 1.12. The Kier molecular flexibility index (Phi) is 6.51. The molecule has 0 fully saturated rings. The summed E-state index contributed by atoms with van der Waals surface area (Å²) in [7, 11) is 0. The summed E-state index contributed by atoms with van der Waals surface area (Å²) < 4.78 is 4.55. The van der Waals surface area contributed by atoms with E-state index in [1.807, 2.05) is 6.07 Å². The van der Waals surface area contributed by atoms with Gasteiger partial charge in [-0.3, -0.25) is 0 Å². The molecule has 0 aliphatic heterocycles. The summed E-state index contributed by atoms with van der Waals surface area (Å²) in [5, 5.41) is 0. The van der Waals surface area contributed by atoms with E-state index >= 15 is 0 Å². The van der Waals surface area contributed by atoms with Gasteiger partial charge in [0.05, 0.1) is 11.8 Å². The van der Waals surface area contributed by atoms with Gasteiger partial charge in [0.15, 0.2) is 0 Å². The second-order valence-corrected chi connectivity index (χ2v) is 1.94. The van der Waals surface area contributed by atoms with Crippen LogP contribution in [-0.2, 0) is 4.74 Å². The first kappa shape index (κ1) is 12.0. The molecule has 0 aliphatic rings. The van der Waals surface area contributed by atoms with Crippen molar-refractivity contribution < 1.29 is 9.53 Å². The molecule has 0 unspecified atom stereocenters. The van der Waals surface area contributed by atoms with Crippen molar-refractivity contribution in [3.8, 4) is 0 Å². The molecule has 3 heteroatoms. The van der Waals surface area contributed by atoms with E-state index in [2.05, 4.69) is 11.3 Å². The minimum absolute atomic E-state index is 0. The average molecular weight is 285 g/mol. The minimum Gasteiger partial charge on any atom is -0.432 e. The van der Waals surface area contributed by atoms with Crippen molar-refractivity contribution >= 4 is 54.9 Å². The standard InChI is InChI=1S/C9H8O2.Ba/c1-2-11-9(10)8-6-4-3-5-7-8;/h2-7H,1H2;. The maximum Gasteiger partial charge on any atom is 0.342 e. The van der Waals surface area contributed by atoms with Crippen molar-refractivity contribution in [3.63, 3.8) is 0 Å². The number of esters is 1. The Labute approximate surface area is 112 Å². The Bertz CT molecular complexity index is 256. The predicted molar refractivity (Wildman–Crippen MR) is 47.8 cm³/mol. The molecule has 0 amide bonds. The van der Waals surface area contributed by atoms with E-state index < -0.39 is 0 Å². The maximum atomic E-state index is 11.0. The van der Waals surface area contributed by atoms with Crippen molar-refractivity contribution in [3.05, 3.63) is 48.7 Å². The smallest absolute Gasteiger partial charge is 0.342 e. The van der Waals surface area contributed by atoms with E-state index in [9.17, 15) is 4.79 Å². The second-order valence-electron chi connectivity index (χ2n) is 1.94. The fourth-order valence-corrected chi connectivity index (χ4v) is 0.718. The molecule has 1 aromatic rings. The summed E-state index contributed by atoms with van der Waals surface area (Å²) in [6, 6.07) is 8.77. The van der Waals surface area contributed by atoms with Gasteiger partial charge in [-0.05, 0) is 12.1 Å². The molecule has 0 spiro atoms. The van der Waals surface area contributed by atoms with E-state index in [-0.39, 0.29) is 54.9 Å². The van der Waals surface area contributed by atoms with Crippen molar-refractivity contribution in [1.29, 1.82) is 0 Å². The fourth-order valence-electron chi connectivity index (χ4n) is 0.718. The molecule has 0 aromatic heterocycles. The van der Waals surface area contributed by atoms with E-state index in [1.165, 1.54) is 0 Å². The molecule has 1 aromatic carbocycles. The van der Waals surface area contributed by atoms with Gasteiger partial charge in [0.2, 0.25) is 0 Å². The molecule has 0 saturated heterocycles. The maximum absolute atomic E-state index is 11.0. The van der Waals surface area contributed by atoms with Crippen LogP contribution in [0.3, 0.4) is 0 Å². The molecule has 1 rings (SSSR count). The molecule has 0 bridgehead atoms. The Morgan fingerprint density at radius 3 is 2.42 bits per heavy atom. The first-order valence-electron chi connectivity index (χ1n) is 3.21. The van der Waals surface area contributed by atoms with Gasteiger partial charge in [-0.25, -0.2) is 4.79 Å². The van der Waals surface area contributed by atoms with Gasteiger partial charge in [0, 0.05) is 48.9 Å². The molecule has 2 radical (unpaired) electrons. The molecule has 0 N–H and O–H groups in total. The van der Waals surface area contributed by atoms with E-state index in [4.69, 9.17) is 0 Å². The van der Waals surface area contributed by atoms with E-state index in [1.54, 1.807) is 24.3 Å². The van der Waals surface area contributed by atoms with Gasteiger partial charge >= 0.3 is 5.97 Å². The van der Waals surface area contributed by atoms with Crippen LogP contribution in [0.4, 0.5) is 0 Å². The number of hydrogen-bond acceptors (Lipinski definition) is 2. The minimum atomic E-state index is -0.374. The van der Waals surface area contributed by atoms with Crippen LogP contribution in [0.1, 0.15) is 10.4 Å². The third kappa shape index (κ3) is 3.60. The molecular formula is C9H8BaO2. The summed E-state index contributed by atoms with van der Waals surface area (Å²) in [4.78, 5) is 11.0. The number of carbonyl (C=O) groups excluding carboxylic acids is 1. The SMILES string of the molecule is C=COC(=O)c1ccccc1.[Ba]. The fraction of sp³-hybridized carbons (Fsp3) is 0. The van der Waals surface area contributed by atoms with Crippen LogP contribution >= 0.6 is 0 Å². The Balaban J connectivity index is 0.00000121. The monoisotopic (exact) mass is 286 g/mol. The van der Waals surface area contributed by atoms with Crippen LogP contribution in [0.2, 0.25) is 0 Å². The van der Waals surface area contributed by atoms with Crippen molar-refractivity contribution in [2.45, 2.75) is 0 Å². The topological polar surface area (TPSA) is 26.3 Å². The number of hydrogen-bond donors (Lipinski definition) is 0.